The van der Waals surface area contributed by atoms with E-state index in [0.717, 1.165) is 11.1 Å². The van der Waals surface area contributed by atoms with Crippen LogP contribution >= 0.6 is 0 Å². The minimum atomic E-state index is -0.426. The number of nitrogens with zero attached hydrogens (tertiary/aromatic N) is 2. The minimum absolute atomic E-state index is 0.0149. The van der Waals surface area contributed by atoms with Crippen LogP contribution in [0.5, 0.6) is 5.75 Å². The van der Waals surface area contributed by atoms with Gasteiger partial charge >= 0.3 is 0 Å². The Labute approximate surface area is 187 Å². The summed E-state index contributed by atoms with van der Waals surface area (Å²) in [5.74, 6) is 0.307. The van der Waals surface area contributed by atoms with E-state index in [-0.39, 0.29) is 12.0 Å². The van der Waals surface area contributed by atoms with E-state index in [0.29, 0.717) is 11.3 Å². The smallest absolute Gasteiger partial charge is 0.248 e. The maximum absolute atomic E-state index is 11.5. The number of primary amides is 1. The molecule has 2 N–H and O–H groups in total. The highest BCUT2D eigenvalue weighted by atomic mass is 16.6. The highest BCUT2D eigenvalue weighted by Crippen LogP contribution is 2.32. The van der Waals surface area contributed by atoms with E-state index in [2.05, 4.69) is 41.0 Å². The van der Waals surface area contributed by atoms with Crippen molar-refractivity contribution in [2.75, 3.05) is 0 Å². The Morgan fingerprint density at radius 2 is 1.50 bits per heavy atom. The second kappa shape index (κ2) is 9.79. The Morgan fingerprint density at radius 1 is 0.875 bits per heavy atom. The van der Waals surface area contributed by atoms with Gasteiger partial charge in [-0.05, 0) is 53.9 Å². The van der Waals surface area contributed by atoms with E-state index in [9.17, 15) is 4.79 Å². The zero-order valence-corrected chi connectivity index (χ0v) is 17.8. The van der Waals surface area contributed by atoms with Gasteiger partial charge in [-0.25, -0.2) is 0 Å². The maximum Gasteiger partial charge on any atom is 0.248 e. The highest BCUT2D eigenvalue weighted by molar-refractivity contribution is 5.92. The number of hydrogen-bond acceptors (Lipinski definition) is 3. The van der Waals surface area contributed by atoms with Gasteiger partial charge in [0.15, 0.2) is 5.75 Å². The number of hydrogen-bond donors (Lipinski definition) is 1. The Hall–Kier alpha value is -4.12. The van der Waals surface area contributed by atoms with Crippen molar-refractivity contribution in [3.8, 4) is 5.75 Å². The van der Waals surface area contributed by atoms with Gasteiger partial charge in [-0.15, -0.1) is 0 Å². The quantitative estimate of drug-likeness (QED) is 0.305. The molecule has 32 heavy (non-hydrogen) atoms. The molecule has 0 saturated carbocycles. The number of para-hydroxylation sites is 1. The molecule has 2 atom stereocenters. The molecule has 4 aromatic rings. The van der Waals surface area contributed by atoms with E-state index in [1.165, 1.54) is 5.56 Å². The molecule has 3 aromatic carbocycles. The van der Waals surface area contributed by atoms with Crippen LogP contribution in [0.4, 0.5) is 0 Å². The largest absolute Gasteiger partial charge is 0.366 e. The number of aromatic nitrogens is 1. The van der Waals surface area contributed by atoms with Gasteiger partial charge in [0.1, 0.15) is 0 Å². The van der Waals surface area contributed by atoms with Crippen LogP contribution in [-0.4, -0.2) is 16.7 Å². The molecule has 1 unspecified atom stereocenters. The van der Waals surface area contributed by atoms with Crippen molar-refractivity contribution in [3.05, 3.63) is 126 Å². The Bertz CT molecular complexity index is 1180. The lowest BCUT2D eigenvalue weighted by Crippen LogP contribution is -2.11. The van der Waals surface area contributed by atoms with Crippen LogP contribution in [0.15, 0.2) is 109 Å². The third-order valence-electron chi connectivity index (χ3n) is 5.38. The summed E-state index contributed by atoms with van der Waals surface area (Å²) < 4.78 is 2.10. The first-order chi connectivity index (χ1) is 15.6. The summed E-state index contributed by atoms with van der Waals surface area (Å²) in [6.45, 7) is 2.06. The molecule has 0 spiro atoms. The zero-order chi connectivity index (χ0) is 22.3. The first-order valence-corrected chi connectivity index (χ1v) is 10.5. The van der Waals surface area contributed by atoms with Crippen LogP contribution in [0, 0.1) is 0 Å². The number of carbonyl (C=O) groups is 1. The van der Waals surface area contributed by atoms with Gasteiger partial charge in [0.05, 0.1) is 12.3 Å². The van der Waals surface area contributed by atoms with Gasteiger partial charge in [0.25, 0.3) is 0 Å². The summed E-state index contributed by atoms with van der Waals surface area (Å²) >= 11 is 0. The summed E-state index contributed by atoms with van der Waals surface area (Å²) in [6.07, 6.45) is 5.94. The van der Waals surface area contributed by atoms with E-state index >= 15 is 0 Å². The molecule has 0 bridgehead atoms. The molecular formula is C27H25N3O2. The molecule has 0 fully saturated rings. The summed E-state index contributed by atoms with van der Waals surface area (Å²) in [4.78, 5) is 16.9. The van der Waals surface area contributed by atoms with Gasteiger partial charge in [-0.3, -0.25) is 4.79 Å². The molecule has 0 radical (unpaired) electrons. The molecule has 0 aliphatic rings. The third kappa shape index (κ3) is 4.95. The molecule has 1 amide bonds. The van der Waals surface area contributed by atoms with Gasteiger partial charge in [0.2, 0.25) is 5.91 Å². The Kier molecular flexibility index (Phi) is 6.46. The third-order valence-corrected chi connectivity index (χ3v) is 5.38. The summed E-state index contributed by atoms with van der Waals surface area (Å²) in [5, 5.41) is 4.12. The Morgan fingerprint density at radius 3 is 2.16 bits per heavy atom. The van der Waals surface area contributed by atoms with Crippen LogP contribution in [0.25, 0.3) is 0 Å². The summed E-state index contributed by atoms with van der Waals surface area (Å²) in [7, 11) is 0. The number of rotatable bonds is 8. The van der Waals surface area contributed by atoms with Gasteiger partial charge in [-0.1, -0.05) is 65.8 Å². The van der Waals surface area contributed by atoms with Crippen LogP contribution < -0.4 is 10.6 Å². The lowest BCUT2D eigenvalue weighted by atomic mass is 9.86. The predicted octanol–water partition coefficient (Wildman–Crippen LogP) is 5.39. The van der Waals surface area contributed by atoms with Crippen LogP contribution in [0.2, 0.25) is 0 Å². The molecule has 160 valence electrons. The summed E-state index contributed by atoms with van der Waals surface area (Å²) in [5.41, 5.74) is 9.32. The fraction of sp³-hybridized carbons (Fsp3) is 0.111. The number of amides is 1. The lowest BCUT2D eigenvalue weighted by molar-refractivity contribution is 0.100. The summed E-state index contributed by atoms with van der Waals surface area (Å²) in [6, 6.07) is 29.4. The van der Waals surface area contributed by atoms with Gasteiger partial charge < -0.3 is 15.1 Å². The molecular weight excluding hydrogens is 398 g/mol. The number of oxime groups is 1. The van der Waals surface area contributed by atoms with Crippen molar-refractivity contribution in [2.24, 2.45) is 10.9 Å². The highest BCUT2D eigenvalue weighted by Gasteiger charge is 2.19. The molecule has 5 heteroatoms. The minimum Gasteiger partial charge on any atom is -0.366 e. The maximum atomic E-state index is 11.5. The van der Waals surface area contributed by atoms with Crippen LogP contribution in [0.3, 0.4) is 0 Å². The predicted molar refractivity (Wildman–Crippen MR) is 127 cm³/mol. The second-order valence-electron chi connectivity index (χ2n) is 7.62. The first kappa shape index (κ1) is 21.1. The van der Waals surface area contributed by atoms with E-state index in [1.807, 2.05) is 66.9 Å². The molecule has 0 aliphatic heterocycles. The van der Waals surface area contributed by atoms with Crippen molar-refractivity contribution in [2.45, 2.75) is 18.9 Å². The average molecular weight is 424 g/mol. The molecule has 0 saturated heterocycles. The standard InChI is InChI=1S/C27H25N3O2/c1-20(18-29-32-25-10-6-3-7-11-25)30-17-16-24(19-30)26(21-8-4-2-5-9-21)22-12-14-23(15-13-22)27(28)31/h2-20,26H,1H3,(H2,28,31)/b29-18+/t20?,26-/m0/s1. The van der Waals surface area contributed by atoms with Crippen molar-refractivity contribution < 1.29 is 9.63 Å². The second-order valence-corrected chi connectivity index (χ2v) is 7.62. The van der Waals surface area contributed by atoms with E-state index < -0.39 is 5.91 Å². The topological polar surface area (TPSA) is 69.6 Å². The number of benzene rings is 3. The lowest BCUT2D eigenvalue weighted by Gasteiger charge is -2.18. The monoisotopic (exact) mass is 423 g/mol. The zero-order valence-electron chi connectivity index (χ0n) is 17.8. The average Bonchev–Trinajstić information content (AvgIpc) is 3.31. The fourth-order valence-electron chi connectivity index (χ4n) is 3.65. The van der Waals surface area contributed by atoms with Gasteiger partial charge in [0, 0.05) is 23.9 Å². The van der Waals surface area contributed by atoms with Crippen molar-refractivity contribution in [1.82, 2.24) is 4.57 Å². The normalized spacial score (nSPS) is 13.0. The fourth-order valence-corrected chi connectivity index (χ4v) is 3.65. The number of nitrogens with two attached hydrogens (primary N) is 1. The Balaban J connectivity index is 1.58. The molecule has 0 aliphatic carbocycles. The van der Waals surface area contributed by atoms with E-state index in [1.54, 1.807) is 18.3 Å². The van der Waals surface area contributed by atoms with Gasteiger partial charge in [-0.2, -0.15) is 0 Å². The SMILES string of the molecule is CC(/C=N/Oc1ccccc1)n1ccc([C@@H](c2ccccc2)c2ccc(C(N)=O)cc2)c1. The van der Waals surface area contributed by atoms with E-state index in [4.69, 9.17) is 10.6 Å². The molecule has 1 heterocycles. The van der Waals surface area contributed by atoms with Crippen molar-refractivity contribution >= 4 is 12.1 Å². The first-order valence-electron chi connectivity index (χ1n) is 10.5. The van der Waals surface area contributed by atoms with Crippen LogP contribution in [-0.2, 0) is 0 Å². The van der Waals surface area contributed by atoms with Crippen molar-refractivity contribution in [3.63, 3.8) is 0 Å². The molecule has 4 rings (SSSR count). The number of carbonyl (C=O) groups excluding carboxylic acids is 1. The molecule has 1 aromatic heterocycles. The van der Waals surface area contributed by atoms with Crippen LogP contribution in [0.1, 0.15) is 45.9 Å². The molecule has 5 nitrogen and oxygen atoms in total. The van der Waals surface area contributed by atoms with Crippen molar-refractivity contribution in [1.29, 1.82) is 0 Å².